The van der Waals surface area contributed by atoms with Gasteiger partial charge in [0.05, 0.1) is 18.0 Å². The Balaban J connectivity index is 1.95. The molecule has 25 heavy (non-hydrogen) atoms. The first kappa shape index (κ1) is 16.6. The number of hydrogen-bond acceptors (Lipinski definition) is 3. The quantitative estimate of drug-likeness (QED) is 0.916. The van der Waals surface area contributed by atoms with E-state index in [4.69, 9.17) is 4.98 Å². The summed E-state index contributed by atoms with van der Waals surface area (Å²) in [7, 11) is 2.20. The minimum absolute atomic E-state index is 0.0673. The predicted octanol–water partition coefficient (Wildman–Crippen LogP) is 3.02. The van der Waals surface area contributed by atoms with Crippen molar-refractivity contribution in [2.75, 3.05) is 20.1 Å². The van der Waals surface area contributed by atoms with Gasteiger partial charge >= 0.3 is 0 Å². The Morgan fingerprint density at radius 2 is 1.84 bits per heavy atom. The van der Waals surface area contributed by atoms with Gasteiger partial charge in [-0.25, -0.2) is 4.98 Å². The number of likely N-dealkylation sites (tertiary alicyclic amines) is 1. The Bertz CT molecular complexity index is 809. The summed E-state index contributed by atoms with van der Waals surface area (Å²) in [6.07, 6.45) is 4.06. The van der Waals surface area contributed by atoms with Crippen LogP contribution in [0.1, 0.15) is 48.1 Å². The van der Waals surface area contributed by atoms with Gasteiger partial charge in [-0.2, -0.15) is 0 Å². The summed E-state index contributed by atoms with van der Waals surface area (Å²) in [4.78, 5) is 7.40. The SMILES string of the molecule is CCc1nc2n(c1CO)CCc1ccccc1C2=C1CCN(C)CC1. The van der Waals surface area contributed by atoms with E-state index in [0.29, 0.717) is 0 Å². The second-order valence-corrected chi connectivity index (χ2v) is 7.18. The Labute approximate surface area is 149 Å². The number of piperidine rings is 1. The fourth-order valence-corrected chi connectivity index (χ4v) is 4.25. The zero-order valence-corrected chi connectivity index (χ0v) is 15.3. The maximum atomic E-state index is 9.95. The highest BCUT2D eigenvalue weighted by atomic mass is 16.3. The molecule has 0 aliphatic carbocycles. The number of aryl methyl sites for hydroxylation is 2. The van der Waals surface area contributed by atoms with Crippen LogP contribution < -0.4 is 0 Å². The normalized spacial score (nSPS) is 18.0. The maximum absolute atomic E-state index is 9.95. The van der Waals surface area contributed by atoms with Crippen LogP contribution in [-0.2, 0) is 26.0 Å². The zero-order chi connectivity index (χ0) is 17.4. The van der Waals surface area contributed by atoms with Crippen molar-refractivity contribution in [1.29, 1.82) is 0 Å². The Hall–Kier alpha value is -1.91. The molecular formula is C21H27N3O. The lowest BCUT2D eigenvalue weighted by atomic mass is 9.90. The van der Waals surface area contributed by atoms with Crippen LogP contribution in [-0.4, -0.2) is 39.7 Å². The third kappa shape index (κ3) is 2.83. The highest BCUT2D eigenvalue weighted by molar-refractivity contribution is 5.82. The fourth-order valence-electron chi connectivity index (χ4n) is 4.25. The van der Waals surface area contributed by atoms with Gasteiger partial charge in [-0.1, -0.05) is 36.8 Å². The van der Waals surface area contributed by atoms with Gasteiger partial charge in [0, 0.05) is 25.2 Å². The summed E-state index contributed by atoms with van der Waals surface area (Å²) in [5.74, 6) is 1.07. The third-order valence-electron chi connectivity index (χ3n) is 5.70. The minimum atomic E-state index is 0.0673. The van der Waals surface area contributed by atoms with Crippen LogP contribution in [0.5, 0.6) is 0 Å². The monoisotopic (exact) mass is 337 g/mol. The molecule has 1 N–H and O–H groups in total. The highest BCUT2D eigenvalue weighted by Gasteiger charge is 2.27. The Morgan fingerprint density at radius 1 is 1.08 bits per heavy atom. The van der Waals surface area contributed by atoms with E-state index in [1.807, 2.05) is 0 Å². The number of aromatic nitrogens is 2. The highest BCUT2D eigenvalue weighted by Crippen LogP contribution is 2.37. The van der Waals surface area contributed by atoms with Crippen molar-refractivity contribution in [3.8, 4) is 0 Å². The van der Waals surface area contributed by atoms with Crippen LogP contribution in [0.2, 0.25) is 0 Å². The first-order valence-corrected chi connectivity index (χ1v) is 9.41. The van der Waals surface area contributed by atoms with Crippen molar-refractivity contribution in [2.24, 2.45) is 0 Å². The van der Waals surface area contributed by atoms with Crippen LogP contribution in [0.4, 0.5) is 0 Å². The lowest BCUT2D eigenvalue weighted by Gasteiger charge is -2.26. The molecule has 4 rings (SSSR count). The van der Waals surface area contributed by atoms with Crippen LogP contribution in [0.15, 0.2) is 29.8 Å². The topological polar surface area (TPSA) is 41.3 Å². The van der Waals surface area contributed by atoms with Crippen molar-refractivity contribution >= 4 is 5.57 Å². The molecule has 2 aromatic rings. The molecular weight excluding hydrogens is 310 g/mol. The summed E-state index contributed by atoms with van der Waals surface area (Å²) >= 11 is 0. The molecule has 0 amide bonds. The summed E-state index contributed by atoms with van der Waals surface area (Å²) in [5.41, 5.74) is 7.63. The molecule has 2 aliphatic heterocycles. The molecule has 0 atom stereocenters. The number of aliphatic hydroxyl groups is 1. The zero-order valence-electron chi connectivity index (χ0n) is 15.3. The first-order valence-electron chi connectivity index (χ1n) is 9.41. The van der Waals surface area contributed by atoms with E-state index >= 15 is 0 Å². The van der Waals surface area contributed by atoms with Crippen molar-refractivity contribution in [3.05, 3.63) is 58.2 Å². The van der Waals surface area contributed by atoms with Crippen LogP contribution in [0.3, 0.4) is 0 Å². The molecule has 0 unspecified atom stereocenters. The molecule has 1 saturated heterocycles. The molecule has 132 valence electrons. The number of benzene rings is 1. The van der Waals surface area contributed by atoms with Crippen LogP contribution in [0, 0.1) is 0 Å². The van der Waals surface area contributed by atoms with E-state index in [1.165, 1.54) is 22.3 Å². The van der Waals surface area contributed by atoms with E-state index < -0.39 is 0 Å². The first-order chi connectivity index (χ1) is 12.2. The van der Waals surface area contributed by atoms with Gasteiger partial charge in [-0.05, 0) is 43.9 Å². The third-order valence-corrected chi connectivity index (χ3v) is 5.70. The number of imidazole rings is 1. The second kappa shape index (κ2) is 6.77. The molecule has 4 heteroatoms. The van der Waals surface area contributed by atoms with E-state index in [9.17, 15) is 5.11 Å². The van der Waals surface area contributed by atoms with Gasteiger partial charge in [0.15, 0.2) is 0 Å². The molecule has 2 aliphatic rings. The summed E-state index contributed by atoms with van der Waals surface area (Å²) in [5, 5.41) is 9.95. The smallest absolute Gasteiger partial charge is 0.141 e. The molecule has 1 aromatic heterocycles. The molecule has 4 nitrogen and oxygen atoms in total. The number of aliphatic hydroxyl groups excluding tert-OH is 1. The average Bonchev–Trinajstić information content (AvgIpc) is 2.91. The second-order valence-electron chi connectivity index (χ2n) is 7.18. The largest absolute Gasteiger partial charge is 0.390 e. The van der Waals surface area contributed by atoms with Gasteiger partial charge in [-0.3, -0.25) is 0 Å². The van der Waals surface area contributed by atoms with E-state index in [1.54, 1.807) is 0 Å². The lowest BCUT2D eigenvalue weighted by Crippen LogP contribution is -2.27. The van der Waals surface area contributed by atoms with Crippen LogP contribution >= 0.6 is 0 Å². The molecule has 3 heterocycles. The van der Waals surface area contributed by atoms with Crippen LogP contribution in [0.25, 0.3) is 5.57 Å². The van der Waals surface area contributed by atoms with Gasteiger partial charge in [-0.15, -0.1) is 0 Å². The molecule has 0 bridgehead atoms. The lowest BCUT2D eigenvalue weighted by molar-refractivity contribution is 0.269. The van der Waals surface area contributed by atoms with Crippen molar-refractivity contribution in [2.45, 2.75) is 45.8 Å². The minimum Gasteiger partial charge on any atom is -0.390 e. The van der Waals surface area contributed by atoms with Crippen molar-refractivity contribution in [1.82, 2.24) is 14.5 Å². The number of nitrogens with zero attached hydrogens (tertiary/aromatic N) is 3. The van der Waals surface area contributed by atoms with Gasteiger partial charge in [0.25, 0.3) is 0 Å². The van der Waals surface area contributed by atoms with Crippen molar-refractivity contribution < 1.29 is 5.11 Å². The van der Waals surface area contributed by atoms with E-state index in [0.717, 1.165) is 62.5 Å². The summed E-state index contributed by atoms with van der Waals surface area (Å²) in [6, 6.07) is 8.77. The van der Waals surface area contributed by atoms with Crippen molar-refractivity contribution in [3.63, 3.8) is 0 Å². The number of hydrogen-bond donors (Lipinski definition) is 1. The Morgan fingerprint density at radius 3 is 2.56 bits per heavy atom. The summed E-state index contributed by atoms with van der Waals surface area (Å²) < 4.78 is 2.28. The number of fused-ring (bicyclic) bond motifs is 2. The standard InChI is InChI=1S/C21H27N3O/c1-3-18-19(14-25)24-13-10-15-6-4-5-7-17(15)20(21(24)22-18)16-8-11-23(2)12-9-16/h4-7,25H,3,8-14H2,1-2H3. The van der Waals surface area contributed by atoms with E-state index in [2.05, 4.69) is 47.7 Å². The molecule has 0 spiro atoms. The average molecular weight is 337 g/mol. The fraction of sp³-hybridized carbons (Fsp3) is 0.476. The molecule has 0 saturated carbocycles. The molecule has 1 fully saturated rings. The van der Waals surface area contributed by atoms with Gasteiger partial charge in [0.1, 0.15) is 5.82 Å². The summed E-state index contributed by atoms with van der Waals surface area (Å²) in [6.45, 7) is 5.30. The molecule has 0 radical (unpaired) electrons. The Kier molecular flexibility index (Phi) is 4.48. The number of rotatable bonds is 2. The van der Waals surface area contributed by atoms with Gasteiger partial charge < -0.3 is 14.6 Å². The van der Waals surface area contributed by atoms with E-state index in [-0.39, 0.29) is 6.61 Å². The predicted molar refractivity (Wildman–Crippen MR) is 100 cm³/mol. The molecule has 1 aromatic carbocycles. The van der Waals surface area contributed by atoms with Gasteiger partial charge in [0.2, 0.25) is 0 Å². The maximum Gasteiger partial charge on any atom is 0.141 e.